The van der Waals surface area contributed by atoms with Gasteiger partial charge in [0.2, 0.25) is 0 Å². The molecular weight excluding hydrogens is 212 g/mol. The third-order valence-electron chi connectivity index (χ3n) is 2.19. The van der Waals surface area contributed by atoms with Gasteiger partial charge in [-0.1, -0.05) is 0 Å². The molecule has 4 heteroatoms. The lowest BCUT2D eigenvalue weighted by atomic mass is 10.1. The minimum absolute atomic E-state index is 0.565. The van der Waals surface area contributed by atoms with Gasteiger partial charge < -0.3 is 14.6 Å². The summed E-state index contributed by atoms with van der Waals surface area (Å²) in [6, 6.07) is 3.70. The average molecular weight is 228 g/mol. The number of rotatable bonds is 4. The van der Waals surface area contributed by atoms with E-state index in [9.17, 15) is 5.11 Å². The number of ether oxygens (including phenoxy) is 2. The first-order chi connectivity index (χ1) is 7.13. The van der Waals surface area contributed by atoms with Crippen LogP contribution in [-0.2, 0) is 0 Å². The fourth-order valence-corrected chi connectivity index (χ4v) is 1.95. The summed E-state index contributed by atoms with van der Waals surface area (Å²) in [4.78, 5) is 0.999. The van der Waals surface area contributed by atoms with Crippen LogP contribution in [0.5, 0.6) is 11.5 Å². The molecule has 0 aromatic heterocycles. The van der Waals surface area contributed by atoms with Crippen LogP contribution in [0.2, 0.25) is 0 Å². The third-order valence-corrected chi connectivity index (χ3v) is 2.94. The van der Waals surface area contributed by atoms with Gasteiger partial charge in [-0.2, -0.15) is 0 Å². The molecule has 1 aromatic carbocycles. The van der Waals surface area contributed by atoms with Crippen molar-refractivity contribution in [2.45, 2.75) is 17.9 Å². The van der Waals surface area contributed by atoms with Crippen molar-refractivity contribution in [3.05, 3.63) is 17.7 Å². The van der Waals surface area contributed by atoms with Gasteiger partial charge in [0.1, 0.15) is 11.5 Å². The zero-order valence-electron chi connectivity index (χ0n) is 9.40. The molecule has 1 aromatic rings. The Hall–Kier alpha value is -0.870. The second-order valence-electron chi connectivity index (χ2n) is 3.13. The van der Waals surface area contributed by atoms with Crippen molar-refractivity contribution in [1.82, 2.24) is 0 Å². The molecule has 1 atom stereocenters. The van der Waals surface area contributed by atoms with E-state index in [1.54, 1.807) is 32.9 Å². The fourth-order valence-electron chi connectivity index (χ4n) is 1.38. The van der Waals surface area contributed by atoms with E-state index in [2.05, 4.69) is 0 Å². The van der Waals surface area contributed by atoms with Gasteiger partial charge in [0.15, 0.2) is 0 Å². The average Bonchev–Trinajstić information content (AvgIpc) is 2.26. The van der Waals surface area contributed by atoms with Gasteiger partial charge in [-0.25, -0.2) is 0 Å². The van der Waals surface area contributed by atoms with Crippen LogP contribution in [0, 0.1) is 0 Å². The molecule has 0 radical (unpaired) electrons. The van der Waals surface area contributed by atoms with Crippen molar-refractivity contribution in [2.75, 3.05) is 20.5 Å². The maximum Gasteiger partial charge on any atom is 0.133 e. The largest absolute Gasteiger partial charge is 0.496 e. The first-order valence-corrected chi connectivity index (χ1v) is 5.84. The summed E-state index contributed by atoms with van der Waals surface area (Å²) in [5, 5.41) is 9.58. The molecule has 0 aliphatic rings. The molecule has 1 rings (SSSR count). The molecule has 1 N–H and O–H groups in total. The van der Waals surface area contributed by atoms with Crippen LogP contribution in [-0.4, -0.2) is 25.6 Å². The van der Waals surface area contributed by atoms with Gasteiger partial charge in [-0.05, 0) is 25.3 Å². The molecule has 0 fully saturated rings. The lowest BCUT2D eigenvalue weighted by Crippen LogP contribution is -1.98. The smallest absolute Gasteiger partial charge is 0.133 e. The highest BCUT2D eigenvalue weighted by atomic mass is 32.2. The van der Waals surface area contributed by atoms with Crippen LogP contribution < -0.4 is 9.47 Å². The molecule has 0 bridgehead atoms. The Kier molecular flexibility index (Phi) is 4.29. The van der Waals surface area contributed by atoms with Gasteiger partial charge in [0.05, 0.1) is 25.2 Å². The highest BCUT2D eigenvalue weighted by Crippen LogP contribution is 2.36. The first-order valence-electron chi connectivity index (χ1n) is 4.62. The molecular formula is C11H16O3S. The quantitative estimate of drug-likeness (QED) is 0.803. The van der Waals surface area contributed by atoms with E-state index in [1.165, 1.54) is 0 Å². The SMILES string of the molecule is COc1cc(C(C)O)c(OC)cc1SC. The van der Waals surface area contributed by atoms with E-state index >= 15 is 0 Å². The van der Waals surface area contributed by atoms with E-state index in [0.717, 1.165) is 16.2 Å². The molecule has 0 aliphatic carbocycles. The Balaban J connectivity index is 3.27. The predicted molar refractivity (Wildman–Crippen MR) is 62.0 cm³/mol. The predicted octanol–water partition coefficient (Wildman–Crippen LogP) is 2.48. The van der Waals surface area contributed by atoms with E-state index < -0.39 is 6.10 Å². The third kappa shape index (κ3) is 2.58. The first kappa shape index (κ1) is 12.2. The van der Waals surface area contributed by atoms with E-state index in [1.807, 2.05) is 18.4 Å². The topological polar surface area (TPSA) is 38.7 Å². The second kappa shape index (κ2) is 5.28. The Labute approximate surface area is 94.4 Å². The summed E-state index contributed by atoms with van der Waals surface area (Å²) < 4.78 is 10.5. The van der Waals surface area contributed by atoms with E-state index in [-0.39, 0.29) is 0 Å². The molecule has 0 amide bonds. The second-order valence-corrected chi connectivity index (χ2v) is 3.97. The number of benzene rings is 1. The van der Waals surface area contributed by atoms with Gasteiger partial charge in [0, 0.05) is 5.56 Å². The number of hydrogen-bond acceptors (Lipinski definition) is 4. The van der Waals surface area contributed by atoms with Gasteiger partial charge in [0.25, 0.3) is 0 Å². The van der Waals surface area contributed by atoms with Gasteiger partial charge in [-0.3, -0.25) is 0 Å². The van der Waals surface area contributed by atoms with Crippen molar-refractivity contribution in [2.24, 2.45) is 0 Å². The van der Waals surface area contributed by atoms with Crippen molar-refractivity contribution in [1.29, 1.82) is 0 Å². The normalized spacial score (nSPS) is 12.3. The number of aliphatic hydroxyl groups excluding tert-OH is 1. The van der Waals surface area contributed by atoms with Crippen LogP contribution in [0.25, 0.3) is 0 Å². The highest BCUT2D eigenvalue weighted by Gasteiger charge is 2.13. The Morgan fingerprint density at radius 2 is 1.80 bits per heavy atom. The van der Waals surface area contributed by atoms with E-state index in [4.69, 9.17) is 9.47 Å². The zero-order chi connectivity index (χ0) is 11.4. The Bertz CT molecular complexity index is 337. The molecule has 1 unspecified atom stereocenters. The highest BCUT2D eigenvalue weighted by molar-refractivity contribution is 7.98. The maximum atomic E-state index is 9.58. The minimum Gasteiger partial charge on any atom is -0.496 e. The molecule has 0 saturated heterocycles. The van der Waals surface area contributed by atoms with Crippen molar-refractivity contribution >= 4 is 11.8 Å². The summed E-state index contributed by atoms with van der Waals surface area (Å²) in [5.74, 6) is 1.45. The summed E-state index contributed by atoms with van der Waals surface area (Å²) in [5.41, 5.74) is 0.743. The number of thioether (sulfide) groups is 1. The minimum atomic E-state index is -0.565. The molecule has 0 saturated carbocycles. The van der Waals surface area contributed by atoms with Gasteiger partial charge in [-0.15, -0.1) is 11.8 Å². The maximum absolute atomic E-state index is 9.58. The summed E-state index contributed by atoms with van der Waals surface area (Å²) in [6.45, 7) is 1.70. The molecule has 0 spiro atoms. The molecule has 15 heavy (non-hydrogen) atoms. The standard InChI is InChI=1S/C11H16O3S/c1-7(12)8-5-10(14-3)11(15-4)6-9(8)13-2/h5-7,12H,1-4H3. The lowest BCUT2D eigenvalue weighted by Gasteiger charge is -2.15. The summed E-state index contributed by atoms with van der Waals surface area (Å²) >= 11 is 1.58. The van der Waals surface area contributed by atoms with Crippen molar-refractivity contribution in [3.8, 4) is 11.5 Å². The summed E-state index contributed by atoms with van der Waals surface area (Å²) in [7, 11) is 3.21. The van der Waals surface area contributed by atoms with Crippen LogP contribution in [0.15, 0.2) is 17.0 Å². The number of hydrogen-bond donors (Lipinski definition) is 1. The Morgan fingerprint density at radius 1 is 1.20 bits per heavy atom. The fraction of sp³-hybridized carbons (Fsp3) is 0.455. The zero-order valence-corrected chi connectivity index (χ0v) is 10.2. The monoisotopic (exact) mass is 228 g/mol. The van der Waals surface area contributed by atoms with Crippen LogP contribution in [0.1, 0.15) is 18.6 Å². The number of aliphatic hydroxyl groups is 1. The van der Waals surface area contributed by atoms with Gasteiger partial charge >= 0.3 is 0 Å². The lowest BCUT2D eigenvalue weighted by molar-refractivity contribution is 0.193. The van der Waals surface area contributed by atoms with E-state index in [0.29, 0.717) is 5.75 Å². The van der Waals surface area contributed by atoms with Crippen LogP contribution >= 0.6 is 11.8 Å². The Morgan fingerprint density at radius 3 is 2.20 bits per heavy atom. The molecule has 84 valence electrons. The van der Waals surface area contributed by atoms with Crippen molar-refractivity contribution in [3.63, 3.8) is 0 Å². The van der Waals surface area contributed by atoms with Crippen molar-refractivity contribution < 1.29 is 14.6 Å². The molecule has 0 heterocycles. The summed E-state index contributed by atoms with van der Waals surface area (Å²) in [6.07, 6.45) is 1.41. The van der Waals surface area contributed by atoms with Crippen LogP contribution in [0.4, 0.5) is 0 Å². The molecule has 0 aliphatic heterocycles. The number of methoxy groups -OCH3 is 2. The molecule has 3 nitrogen and oxygen atoms in total. The van der Waals surface area contributed by atoms with Crippen LogP contribution in [0.3, 0.4) is 0 Å².